The fourth-order valence-electron chi connectivity index (χ4n) is 2.06. The highest BCUT2D eigenvalue weighted by Gasteiger charge is 2.15. The molecule has 0 fully saturated rings. The maximum atomic E-state index is 12.3. The third kappa shape index (κ3) is 3.60. The molecule has 0 atom stereocenters. The molecule has 0 aliphatic heterocycles. The van der Waals surface area contributed by atoms with Crippen molar-refractivity contribution in [3.63, 3.8) is 0 Å². The van der Waals surface area contributed by atoms with Gasteiger partial charge in [-0.25, -0.2) is 4.79 Å². The molecule has 0 bridgehead atoms. The molecule has 2 aromatic rings. The van der Waals surface area contributed by atoms with Crippen LogP contribution >= 0.6 is 0 Å². The zero-order chi connectivity index (χ0) is 14.4. The van der Waals surface area contributed by atoms with Crippen LogP contribution in [0, 0.1) is 0 Å². The number of rotatable bonds is 4. The van der Waals surface area contributed by atoms with E-state index in [1.807, 2.05) is 55.6 Å². The van der Waals surface area contributed by atoms with E-state index in [0.717, 1.165) is 12.1 Å². The van der Waals surface area contributed by atoms with Crippen molar-refractivity contribution in [1.29, 1.82) is 0 Å². The van der Waals surface area contributed by atoms with E-state index in [1.54, 1.807) is 16.8 Å². The summed E-state index contributed by atoms with van der Waals surface area (Å²) in [6.07, 6.45) is 0.867. The summed E-state index contributed by atoms with van der Waals surface area (Å²) in [5.41, 5.74) is 2.15. The second-order valence-electron chi connectivity index (χ2n) is 4.83. The number of para-hydroxylation sites is 1. The van der Waals surface area contributed by atoms with Crippen molar-refractivity contribution < 1.29 is 4.79 Å². The number of benzene rings is 2. The normalized spacial score (nSPS) is 10.1. The topological polar surface area (TPSA) is 23.6 Å². The Kier molecular flexibility index (Phi) is 4.77. The highest BCUT2D eigenvalue weighted by atomic mass is 16.2. The maximum Gasteiger partial charge on any atom is 0.323 e. The molecule has 104 valence electrons. The summed E-state index contributed by atoms with van der Waals surface area (Å²) >= 11 is 0. The summed E-state index contributed by atoms with van der Waals surface area (Å²) in [5, 5.41) is 0. The standard InChI is InChI=1S/C17H20N2O/c1-18(14-13-15-9-5-3-6-10-15)17(20)19(2)16-11-7-4-8-12-16/h3-12H,13-14H2,1-2H3. The number of carbonyl (C=O) groups excluding carboxylic acids is 1. The minimum Gasteiger partial charge on any atom is -0.327 e. The van der Waals surface area contributed by atoms with E-state index < -0.39 is 0 Å². The summed E-state index contributed by atoms with van der Waals surface area (Å²) in [5.74, 6) is 0. The van der Waals surface area contributed by atoms with Gasteiger partial charge in [-0.3, -0.25) is 4.90 Å². The van der Waals surface area contributed by atoms with E-state index in [0.29, 0.717) is 6.54 Å². The van der Waals surface area contributed by atoms with Gasteiger partial charge < -0.3 is 4.90 Å². The van der Waals surface area contributed by atoms with Gasteiger partial charge in [-0.05, 0) is 24.1 Å². The molecule has 0 saturated carbocycles. The molecule has 0 heterocycles. The van der Waals surface area contributed by atoms with E-state index in [4.69, 9.17) is 0 Å². The van der Waals surface area contributed by atoms with Crippen LogP contribution in [0.1, 0.15) is 5.56 Å². The van der Waals surface area contributed by atoms with Crippen LogP contribution in [0.15, 0.2) is 60.7 Å². The quantitative estimate of drug-likeness (QED) is 0.833. The molecule has 2 amide bonds. The lowest BCUT2D eigenvalue weighted by Crippen LogP contribution is -2.39. The van der Waals surface area contributed by atoms with Gasteiger partial charge in [0, 0.05) is 26.3 Å². The monoisotopic (exact) mass is 268 g/mol. The van der Waals surface area contributed by atoms with Crippen LogP contribution < -0.4 is 4.90 Å². The van der Waals surface area contributed by atoms with Crippen LogP contribution in [-0.4, -0.2) is 31.6 Å². The Morgan fingerprint density at radius 2 is 1.45 bits per heavy atom. The van der Waals surface area contributed by atoms with Gasteiger partial charge in [-0.2, -0.15) is 0 Å². The van der Waals surface area contributed by atoms with Crippen molar-refractivity contribution in [3.8, 4) is 0 Å². The second-order valence-corrected chi connectivity index (χ2v) is 4.83. The number of nitrogens with zero attached hydrogens (tertiary/aromatic N) is 2. The zero-order valence-corrected chi connectivity index (χ0v) is 12.0. The number of carbonyl (C=O) groups is 1. The Hall–Kier alpha value is -2.29. The van der Waals surface area contributed by atoms with Crippen molar-refractivity contribution in [2.45, 2.75) is 6.42 Å². The Morgan fingerprint density at radius 3 is 2.05 bits per heavy atom. The summed E-state index contributed by atoms with van der Waals surface area (Å²) in [7, 11) is 3.64. The van der Waals surface area contributed by atoms with Crippen molar-refractivity contribution in [3.05, 3.63) is 66.2 Å². The summed E-state index contributed by atoms with van der Waals surface area (Å²) in [6.45, 7) is 0.708. The number of hydrogen-bond acceptors (Lipinski definition) is 1. The molecule has 0 spiro atoms. The molecule has 3 heteroatoms. The molecular weight excluding hydrogens is 248 g/mol. The lowest BCUT2D eigenvalue weighted by Gasteiger charge is -2.25. The Morgan fingerprint density at radius 1 is 0.900 bits per heavy atom. The molecule has 0 aliphatic carbocycles. The van der Waals surface area contributed by atoms with E-state index >= 15 is 0 Å². The van der Waals surface area contributed by atoms with Crippen molar-refractivity contribution in [1.82, 2.24) is 4.90 Å². The molecular formula is C17H20N2O. The van der Waals surface area contributed by atoms with Crippen LogP contribution in [0.5, 0.6) is 0 Å². The third-order valence-electron chi connectivity index (χ3n) is 3.34. The van der Waals surface area contributed by atoms with Gasteiger partial charge in [0.25, 0.3) is 0 Å². The second kappa shape index (κ2) is 6.75. The first-order valence-corrected chi connectivity index (χ1v) is 6.76. The van der Waals surface area contributed by atoms with Crippen molar-refractivity contribution >= 4 is 11.7 Å². The first kappa shape index (κ1) is 14.1. The Labute approximate surface area is 120 Å². The van der Waals surface area contributed by atoms with Gasteiger partial charge in [0.05, 0.1) is 0 Å². The van der Waals surface area contributed by atoms with Crippen molar-refractivity contribution in [2.24, 2.45) is 0 Å². The third-order valence-corrected chi connectivity index (χ3v) is 3.34. The van der Waals surface area contributed by atoms with E-state index in [-0.39, 0.29) is 6.03 Å². The van der Waals surface area contributed by atoms with Gasteiger partial charge in [0.2, 0.25) is 0 Å². The molecule has 0 radical (unpaired) electrons. The van der Waals surface area contributed by atoms with E-state index in [1.165, 1.54) is 5.56 Å². The lowest BCUT2D eigenvalue weighted by molar-refractivity contribution is 0.217. The average molecular weight is 268 g/mol. The zero-order valence-electron chi connectivity index (χ0n) is 12.0. The summed E-state index contributed by atoms with van der Waals surface area (Å²) < 4.78 is 0. The fraction of sp³-hybridized carbons (Fsp3) is 0.235. The van der Waals surface area contributed by atoms with E-state index in [9.17, 15) is 4.79 Å². The van der Waals surface area contributed by atoms with Crippen molar-refractivity contribution in [2.75, 3.05) is 25.5 Å². The van der Waals surface area contributed by atoms with E-state index in [2.05, 4.69) is 12.1 Å². The van der Waals surface area contributed by atoms with Gasteiger partial charge in [-0.15, -0.1) is 0 Å². The number of likely N-dealkylation sites (N-methyl/N-ethyl adjacent to an activating group) is 1. The molecule has 2 rings (SSSR count). The highest BCUT2D eigenvalue weighted by Crippen LogP contribution is 2.13. The molecule has 20 heavy (non-hydrogen) atoms. The number of urea groups is 1. The van der Waals surface area contributed by atoms with Gasteiger partial charge in [-0.1, -0.05) is 48.5 Å². The largest absolute Gasteiger partial charge is 0.327 e. The first-order chi connectivity index (χ1) is 9.68. The van der Waals surface area contributed by atoms with Crippen LogP contribution in [0.2, 0.25) is 0 Å². The van der Waals surface area contributed by atoms with Crippen LogP contribution in [0.4, 0.5) is 10.5 Å². The average Bonchev–Trinajstić information content (AvgIpc) is 2.53. The molecule has 0 N–H and O–H groups in total. The predicted molar refractivity (Wildman–Crippen MR) is 83.0 cm³/mol. The Balaban J connectivity index is 1.92. The van der Waals surface area contributed by atoms with Crippen LogP contribution in [0.25, 0.3) is 0 Å². The molecule has 0 unspecified atom stereocenters. The molecule has 0 aliphatic rings. The van der Waals surface area contributed by atoms with Crippen LogP contribution in [0.3, 0.4) is 0 Å². The molecule has 0 saturated heterocycles. The minimum absolute atomic E-state index is 0.00660. The summed E-state index contributed by atoms with van der Waals surface area (Å²) in [4.78, 5) is 15.7. The highest BCUT2D eigenvalue weighted by molar-refractivity contribution is 5.91. The molecule has 3 nitrogen and oxygen atoms in total. The number of hydrogen-bond donors (Lipinski definition) is 0. The fourth-order valence-corrected chi connectivity index (χ4v) is 2.06. The van der Waals surface area contributed by atoms with Crippen LogP contribution in [-0.2, 0) is 6.42 Å². The first-order valence-electron chi connectivity index (χ1n) is 6.76. The van der Waals surface area contributed by atoms with Gasteiger partial charge in [0.1, 0.15) is 0 Å². The summed E-state index contributed by atoms with van der Waals surface area (Å²) in [6, 6.07) is 19.9. The number of amides is 2. The Bertz CT molecular complexity index is 539. The molecule has 2 aromatic carbocycles. The maximum absolute atomic E-state index is 12.3. The number of anilines is 1. The lowest BCUT2D eigenvalue weighted by atomic mass is 10.1. The van der Waals surface area contributed by atoms with Gasteiger partial charge in [0.15, 0.2) is 0 Å². The van der Waals surface area contributed by atoms with Gasteiger partial charge >= 0.3 is 6.03 Å². The molecule has 0 aromatic heterocycles. The smallest absolute Gasteiger partial charge is 0.323 e. The minimum atomic E-state index is 0.00660. The predicted octanol–water partition coefficient (Wildman–Crippen LogP) is 3.42. The SMILES string of the molecule is CN(CCc1ccccc1)C(=O)N(C)c1ccccc1.